The molecular formula is C13H15N5. The van der Waals surface area contributed by atoms with Crippen LogP contribution in [0.5, 0.6) is 0 Å². The van der Waals surface area contributed by atoms with Gasteiger partial charge in [-0.15, -0.1) is 0 Å². The Morgan fingerprint density at radius 3 is 2.94 bits per heavy atom. The monoisotopic (exact) mass is 241 g/mol. The van der Waals surface area contributed by atoms with Gasteiger partial charge in [-0.1, -0.05) is 0 Å². The van der Waals surface area contributed by atoms with Gasteiger partial charge in [0.05, 0.1) is 0 Å². The Balaban J connectivity index is 1.90. The summed E-state index contributed by atoms with van der Waals surface area (Å²) < 4.78 is 0. The molecule has 18 heavy (non-hydrogen) atoms. The molecule has 2 N–H and O–H groups in total. The molecule has 5 nitrogen and oxygen atoms in total. The summed E-state index contributed by atoms with van der Waals surface area (Å²) in [5, 5.41) is 6.77. The maximum absolute atomic E-state index is 4.41. The Morgan fingerprint density at radius 1 is 1.22 bits per heavy atom. The Bertz CT molecular complexity index is 508. The quantitative estimate of drug-likeness (QED) is 0.848. The van der Waals surface area contributed by atoms with E-state index in [4.69, 9.17) is 0 Å². The molecule has 3 heterocycles. The van der Waals surface area contributed by atoms with E-state index >= 15 is 0 Å². The Hall–Kier alpha value is -2.01. The molecule has 2 aromatic heterocycles. The predicted molar refractivity (Wildman–Crippen MR) is 70.2 cm³/mol. The number of pyridine rings is 1. The minimum absolute atomic E-state index is 0.428. The summed E-state index contributed by atoms with van der Waals surface area (Å²) in [5.74, 6) is 0.833. The van der Waals surface area contributed by atoms with Crippen LogP contribution in [0.2, 0.25) is 0 Å². The van der Waals surface area contributed by atoms with Crippen molar-refractivity contribution >= 4 is 5.82 Å². The number of rotatable bonds is 3. The van der Waals surface area contributed by atoms with Gasteiger partial charge in [-0.25, -0.2) is 4.98 Å². The zero-order chi connectivity index (χ0) is 12.2. The third-order valence-electron chi connectivity index (χ3n) is 3.03. The molecule has 0 bridgehead atoms. The van der Waals surface area contributed by atoms with Crippen molar-refractivity contribution in [3.05, 3.63) is 36.9 Å². The van der Waals surface area contributed by atoms with Gasteiger partial charge in [-0.2, -0.15) is 0 Å². The van der Waals surface area contributed by atoms with Crippen LogP contribution in [0.4, 0.5) is 5.82 Å². The SMILES string of the molecule is c1cncc(-c2nccnc2N[C@@H]2CCNC2)c1. The molecule has 3 rings (SSSR count). The lowest BCUT2D eigenvalue weighted by molar-refractivity contribution is 0.787. The Kier molecular flexibility index (Phi) is 3.14. The van der Waals surface area contributed by atoms with Gasteiger partial charge in [0.1, 0.15) is 5.69 Å². The second-order valence-corrected chi connectivity index (χ2v) is 4.33. The van der Waals surface area contributed by atoms with Crippen molar-refractivity contribution in [1.82, 2.24) is 20.3 Å². The smallest absolute Gasteiger partial charge is 0.152 e. The Labute approximate surface area is 106 Å². The molecule has 2 aromatic rings. The number of hydrogen-bond donors (Lipinski definition) is 2. The molecule has 1 aliphatic heterocycles. The minimum Gasteiger partial charge on any atom is -0.364 e. The summed E-state index contributed by atoms with van der Waals surface area (Å²) in [6.07, 6.45) is 8.10. The molecule has 0 unspecified atom stereocenters. The van der Waals surface area contributed by atoms with Crippen molar-refractivity contribution in [1.29, 1.82) is 0 Å². The van der Waals surface area contributed by atoms with Crippen molar-refractivity contribution in [2.24, 2.45) is 0 Å². The fourth-order valence-corrected chi connectivity index (χ4v) is 2.13. The van der Waals surface area contributed by atoms with Crippen LogP contribution >= 0.6 is 0 Å². The first kappa shape index (κ1) is 11.1. The summed E-state index contributed by atoms with van der Waals surface area (Å²) >= 11 is 0. The summed E-state index contributed by atoms with van der Waals surface area (Å²) in [6.45, 7) is 2.03. The van der Waals surface area contributed by atoms with Crippen molar-refractivity contribution in [3.63, 3.8) is 0 Å². The van der Waals surface area contributed by atoms with E-state index in [9.17, 15) is 0 Å². The fraction of sp³-hybridized carbons (Fsp3) is 0.308. The highest BCUT2D eigenvalue weighted by Gasteiger charge is 2.17. The molecule has 1 fully saturated rings. The maximum Gasteiger partial charge on any atom is 0.152 e. The molecule has 0 aromatic carbocycles. The number of hydrogen-bond acceptors (Lipinski definition) is 5. The van der Waals surface area contributed by atoms with E-state index in [0.717, 1.165) is 36.6 Å². The second-order valence-electron chi connectivity index (χ2n) is 4.33. The largest absolute Gasteiger partial charge is 0.364 e. The van der Waals surface area contributed by atoms with E-state index in [2.05, 4.69) is 25.6 Å². The van der Waals surface area contributed by atoms with Gasteiger partial charge in [0.2, 0.25) is 0 Å². The lowest BCUT2D eigenvalue weighted by Gasteiger charge is -2.14. The molecule has 0 amide bonds. The van der Waals surface area contributed by atoms with Crippen LogP contribution in [0, 0.1) is 0 Å². The average molecular weight is 241 g/mol. The first-order valence-corrected chi connectivity index (χ1v) is 6.12. The first-order chi connectivity index (χ1) is 8.93. The molecule has 0 aliphatic carbocycles. The molecule has 92 valence electrons. The molecule has 1 aliphatic rings. The van der Waals surface area contributed by atoms with Crippen LogP contribution in [0.15, 0.2) is 36.9 Å². The van der Waals surface area contributed by atoms with E-state index in [1.54, 1.807) is 18.6 Å². The summed E-state index contributed by atoms with van der Waals surface area (Å²) in [5.41, 5.74) is 1.84. The van der Waals surface area contributed by atoms with Crippen LogP contribution in [-0.2, 0) is 0 Å². The van der Waals surface area contributed by atoms with Crippen LogP contribution in [0.3, 0.4) is 0 Å². The molecule has 0 spiro atoms. The summed E-state index contributed by atoms with van der Waals surface area (Å²) in [6, 6.07) is 4.33. The van der Waals surface area contributed by atoms with Gasteiger partial charge < -0.3 is 10.6 Å². The van der Waals surface area contributed by atoms with Crippen LogP contribution in [0.1, 0.15) is 6.42 Å². The molecule has 5 heteroatoms. The summed E-state index contributed by atoms with van der Waals surface area (Å²) in [4.78, 5) is 12.9. The zero-order valence-corrected chi connectivity index (χ0v) is 10.0. The van der Waals surface area contributed by atoms with Crippen molar-refractivity contribution in [2.45, 2.75) is 12.5 Å². The molecule has 1 saturated heterocycles. The van der Waals surface area contributed by atoms with E-state index in [1.165, 1.54) is 0 Å². The molecule has 1 atom stereocenters. The molecule has 0 saturated carbocycles. The van der Waals surface area contributed by atoms with E-state index in [1.807, 2.05) is 18.3 Å². The van der Waals surface area contributed by atoms with E-state index in [0.29, 0.717) is 6.04 Å². The lowest BCUT2D eigenvalue weighted by atomic mass is 10.2. The van der Waals surface area contributed by atoms with Gasteiger partial charge in [0.25, 0.3) is 0 Å². The van der Waals surface area contributed by atoms with Gasteiger partial charge >= 0.3 is 0 Å². The topological polar surface area (TPSA) is 62.7 Å². The van der Waals surface area contributed by atoms with Crippen LogP contribution in [-0.4, -0.2) is 34.1 Å². The Morgan fingerprint density at radius 2 is 2.17 bits per heavy atom. The highest BCUT2D eigenvalue weighted by atomic mass is 15.1. The third-order valence-corrected chi connectivity index (χ3v) is 3.03. The van der Waals surface area contributed by atoms with E-state index in [-0.39, 0.29) is 0 Å². The predicted octanol–water partition coefficient (Wildman–Crippen LogP) is 1.31. The van der Waals surface area contributed by atoms with Gasteiger partial charge in [-0.05, 0) is 25.1 Å². The van der Waals surface area contributed by atoms with Crippen molar-refractivity contribution in [2.75, 3.05) is 18.4 Å². The summed E-state index contributed by atoms with van der Waals surface area (Å²) in [7, 11) is 0. The number of anilines is 1. The molecular weight excluding hydrogens is 226 g/mol. The van der Waals surface area contributed by atoms with Crippen molar-refractivity contribution in [3.8, 4) is 11.3 Å². The first-order valence-electron chi connectivity index (χ1n) is 6.12. The normalized spacial score (nSPS) is 18.8. The third kappa shape index (κ3) is 2.31. The van der Waals surface area contributed by atoms with E-state index < -0.39 is 0 Å². The van der Waals surface area contributed by atoms with Gasteiger partial charge in [0.15, 0.2) is 5.82 Å². The lowest BCUT2D eigenvalue weighted by Crippen LogP contribution is -2.23. The maximum atomic E-state index is 4.41. The molecule has 0 radical (unpaired) electrons. The average Bonchev–Trinajstić information content (AvgIpc) is 2.93. The zero-order valence-electron chi connectivity index (χ0n) is 10.0. The number of aromatic nitrogens is 3. The van der Waals surface area contributed by atoms with Crippen molar-refractivity contribution < 1.29 is 0 Å². The standard InChI is InChI=1S/C13H15N5/c1-2-10(8-14-4-1)12-13(17-7-6-16-12)18-11-3-5-15-9-11/h1-2,4,6-8,11,15H,3,5,9H2,(H,17,18)/t11-/m1/s1. The minimum atomic E-state index is 0.428. The van der Waals surface area contributed by atoms with Crippen LogP contribution in [0.25, 0.3) is 11.3 Å². The van der Waals surface area contributed by atoms with Crippen LogP contribution < -0.4 is 10.6 Å². The highest BCUT2D eigenvalue weighted by molar-refractivity contribution is 5.70. The van der Waals surface area contributed by atoms with Gasteiger partial charge in [0, 0.05) is 42.9 Å². The fourth-order valence-electron chi connectivity index (χ4n) is 2.13. The number of nitrogens with one attached hydrogen (secondary N) is 2. The second kappa shape index (κ2) is 5.10. The highest BCUT2D eigenvalue weighted by Crippen LogP contribution is 2.23. The van der Waals surface area contributed by atoms with Gasteiger partial charge in [-0.3, -0.25) is 9.97 Å². The number of nitrogens with zero attached hydrogens (tertiary/aromatic N) is 3.